The number of carbonyl (C=O) groups is 1. The zero-order chi connectivity index (χ0) is 17.0. The molecule has 0 radical (unpaired) electrons. The van der Waals surface area contributed by atoms with E-state index in [-0.39, 0.29) is 24.8 Å². The van der Waals surface area contributed by atoms with Gasteiger partial charge in [-0.15, -0.1) is 6.58 Å². The number of alkyl halides is 3. The molecule has 0 saturated heterocycles. The molecule has 22 heavy (non-hydrogen) atoms. The molecule has 0 aromatic heterocycles. The molecule has 0 fully saturated rings. The number of halogens is 3. The predicted molar refractivity (Wildman–Crippen MR) is 71.9 cm³/mol. The van der Waals surface area contributed by atoms with Gasteiger partial charge in [-0.1, -0.05) is 18.2 Å². The Bertz CT molecular complexity index is 665. The molecule has 122 valence electrons. The molecule has 0 aliphatic heterocycles. The first-order chi connectivity index (χ1) is 10.1. The van der Waals surface area contributed by atoms with E-state index >= 15 is 0 Å². The number of hydrogen-bond acceptors (Lipinski definition) is 4. The fraction of sp³-hybridized carbons (Fsp3) is 0.308. The van der Waals surface area contributed by atoms with Gasteiger partial charge in [-0.05, 0) is 30.0 Å². The summed E-state index contributed by atoms with van der Waals surface area (Å²) in [4.78, 5) is 10.5. The van der Waals surface area contributed by atoms with Crippen LogP contribution >= 0.6 is 0 Å². The van der Waals surface area contributed by atoms with Crippen LogP contribution in [0.25, 0.3) is 0 Å². The number of carboxylic acids is 1. The summed E-state index contributed by atoms with van der Waals surface area (Å²) in [6.07, 6.45) is 1.44. The predicted octanol–water partition coefficient (Wildman–Crippen LogP) is 2.66. The molecule has 0 atom stereocenters. The number of aryl methyl sites for hydroxylation is 1. The van der Waals surface area contributed by atoms with Gasteiger partial charge in [0.1, 0.15) is 5.75 Å². The van der Waals surface area contributed by atoms with E-state index in [1.807, 2.05) is 0 Å². The van der Waals surface area contributed by atoms with Gasteiger partial charge < -0.3 is 9.29 Å². The molecule has 0 aliphatic rings. The molecule has 9 heteroatoms. The fourth-order valence-corrected chi connectivity index (χ4v) is 2.09. The van der Waals surface area contributed by atoms with Crippen LogP contribution in [-0.2, 0) is 27.8 Å². The summed E-state index contributed by atoms with van der Waals surface area (Å²) in [5.41, 5.74) is -4.82. The van der Waals surface area contributed by atoms with E-state index in [4.69, 9.17) is 5.11 Å². The lowest BCUT2D eigenvalue weighted by molar-refractivity contribution is -0.136. The Morgan fingerprint density at radius 2 is 2.00 bits per heavy atom. The summed E-state index contributed by atoms with van der Waals surface area (Å²) in [5, 5.41) is 8.60. The van der Waals surface area contributed by atoms with Crippen molar-refractivity contribution in [3.05, 3.63) is 42.0 Å². The molecule has 0 spiro atoms. The van der Waals surface area contributed by atoms with E-state index in [2.05, 4.69) is 10.8 Å². The van der Waals surface area contributed by atoms with Crippen molar-refractivity contribution in [1.82, 2.24) is 0 Å². The minimum atomic E-state index is -5.76. The molecule has 1 rings (SSSR count). The molecule has 1 aromatic rings. The van der Waals surface area contributed by atoms with Crippen molar-refractivity contribution in [2.24, 2.45) is 0 Å². The van der Waals surface area contributed by atoms with Crippen LogP contribution in [0.3, 0.4) is 0 Å². The van der Waals surface area contributed by atoms with Crippen molar-refractivity contribution in [3.8, 4) is 5.75 Å². The van der Waals surface area contributed by atoms with Crippen LogP contribution in [0, 0.1) is 0 Å². The fourth-order valence-electron chi connectivity index (χ4n) is 1.60. The molecular formula is C13H13F3O5S. The minimum Gasteiger partial charge on any atom is -0.481 e. The average Bonchev–Trinajstić information content (AvgIpc) is 2.37. The average molecular weight is 338 g/mol. The third-order valence-corrected chi connectivity index (χ3v) is 3.57. The second-order valence-electron chi connectivity index (χ2n) is 4.31. The zero-order valence-corrected chi connectivity index (χ0v) is 12.1. The summed E-state index contributed by atoms with van der Waals surface area (Å²) >= 11 is 0. The lowest BCUT2D eigenvalue weighted by atomic mass is 10.0. The first-order valence-corrected chi connectivity index (χ1v) is 7.43. The first kappa shape index (κ1) is 18.0. The number of carboxylic acid groups (broad SMARTS) is 1. The van der Waals surface area contributed by atoms with Gasteiger partial charge in [-0.3, -0.25) is 4.79 Å². The standard InChI is InChI=1S/C13H13F3O5S/c1-2-3-10-8-9(5-7-12(17)18)4-6-11(10)21-22(19,20)13(14,15)16/h2,4,6,8H,1,3,5,7H2,(H,17,18). The van der Waals surface area contributed by atoms with E-state index in [1.54, 1.807) is 0 Å². The summed E-state index contributed by atoms with van der Waals surface area (Å²) in [5.74, 6) is -1.48. The normalized spacial score (nSPS) is 12.0. The molecule has 5 nitrogen and oxygen atoms in total. The molecule has 0 saturated carbocycles. The molecule has 1 aromatic carbocycles. The molecule has 0 unspecified atom stereocenters. The van der Waals surface area contributed by atoms with Crippen LogP contribution in [-0.4, -0.2) is 25.0 Å². The molecule has 0 heterocycles. The van der Waals surface area contributed by atoms with Crippen molar-refractivity contribution in [1.29, 1.82) is 0 Å². The maximum atomic E-state index is 12.3. The Labute approximate surface area is 125 Å². The van der Waals surface area contributed by atoms with Crippen LogP contribution in [0.15, 0.2) is 30.9 Å². The number of hydrogen-bond donors (Lipinski definition) is 1. The van der Waals surface area contributed by atoms with Crippen LogP contribution in [0.1, 0.15) is 17.5 Å². The van der Waals surface area contributed by atoms with Crippen LogP contribution < -0.4 is 4.18 Å². The highest BCUT2D eigenvalue weighted by atomic mass is 32.2. The first-order valence-electron chi connectivity index (χ1n) is 6.02. The van der Waals surface area contributed by atoms with E-state index in [0.29, 0.717) is 5.56 Å². The van der Waals surface area contributed by atoms with Crippen molar-refractivity contribution < 1.29 is 35.7 Å². The van der Waals surface area contributed by atoms with Crippen molar-refractivity contribution in [3.63, 3.8) is 0 Å². The SMILES string of the molecule is C=CCc1cc(CCC(=O)O)ccc1OS(=O)(=O)C(F)(F)F. The summed E-state index contributed by atoms with van der Waals surface area (Å²) in [7, 11) is -5.76. The lowest BCUT2D eigenvalue weighted by Gasteiger charge is -2.13. The number of aliphatic carboxylic acids is 1. The highest BCUT2D eigenvalue weighted by Crippen LogP contribution is 2.30. The monoisotopic (exact) mass is 338 g/mol. The molecular weight excluding hydrogens is 325 g/mol. The van der Waals surface area contributed by atoms with Gasteiger partial charge in [0.05, 0.1) is 0 Å². The van der Waals surface area contributed by atoms with Crippen molar-refractivity contribution in [2.75, 3.05) is 0 Å². The van der Waals surface area contributed by atoms with Crippen molar-refractivity contribution in [2.45, 2.75) is 24.8 Å². The Hall–Kier alpha value is -2.03. The maximum absolute atomic E-state index is 12.3. The Morgan fingerprint density at radius 1 is 1.36 bits per heavy atom. The number of rotatable bonds is 7. The topological polar surface area (TPSA) is 80.7 Å². The van der Waals surface area contributed by atoms with Crippen molar-refractivity contribution >= 4 is 16.1 Å². The second kappa shape index (κ2) is 6.82. The highest BCUT2D eigenvalue weighted by Gasteiger charge is 2.48. The van der Waals surface area contributed by atoms with Gasteiger partial charge in [0.25, 0.3) is 0 Å². The quantitative estimate of drug-likeness (QED) is 0.470. The van der Waals surface area contributed by atoms with E-state index in [9.17, 15) is 26.4 Å². The smallest absolute Gasteiger partial charge is 0.481 e. The lowest BCUT2D eigenvalue weighted by Crippen LogP contribution is -2.28. The van der Waals surface area contributed by atoms with Gasteiger partial charge in [0, 0.05) is 6.42 Å². The van der Waals surface area contributed by atoms with Crippen LogP contribution in [0.5, 0.6) is 5.75 Å². The Morgan fingerprint density at radius 3 is 2.50 bits per heavy atom. The van der Waals surface area contributed by atoms with Crippen LogP contribution in [0.2, 0.25) is 0 Å². The minimum absolute atomic E-state index is 0.0730. The molecule has 0 amide bonds. The molecule has 0 bridgehead atoms. The Balaban J connectivity index is 3.10. The maximum Gasteiger partial charge on any atom is 0.534 e. The summed E-state index contributed by atoms with van der Waals surface area (Å²) < 4.78 is 63.1. The van der Waals surface area contributed by atoms with Gasteiger partial charge >= 0.3 is 21.6 Å². The number of allylic oxidation sites excluding steroid dienone is 1. The summed E-state index contributed by atoms with van der Waals surface area (Å²) in [6, 6.07) is 3.78. The molecule has 1 N–H and O–H groups in total. The van der Waals surface area contributed by atoms with Crippen LogP contribution in [0.4, 0.5) is 13.2 Å². The molecule has 0 aliphatic carbocycles. The third kappa shape index (κ3) is 4.76. The van der Waals surface area contributed by atoms with E-state index in [1.165, 1.54) is 18.2 Å². The van der Waals surface area contributed by atoms with Gasteiger partial charge in [0.15, 0.2) is 0 Å². The van der Waals surface area contributed by atoms with Gasteiger partial charge in [-0.25, -0.2) is 0 Å². The largest absolute Gasteiger partial charge is 0.534 e. The summed E-state index contributed by atoms with van der Waals surface area (Å²) in [6.45, 7) is 3.42. The Kier molecular flexibility index (Phi) is 5.59. The van der Waals surface area contributed by atoms with E-state index in [0.717, 1.165) is 6.07 Å². The van der Waals surface area contributed by atoms with E-state index < -0.39 is 27.3 Å². The number of benzene rings is 1. The second-order valence-corrected chi connectivity index (χ2v) is 5.85. The van der Waals surface area contributed by atoms with Gasteiger partial charge in [0.2, 0.25) is 0 Å². The highest BCUT2D eigenvalue weighted by molar-refractivity contribution is 7.88. The van der Waals surface area contributed by atoms with Gasteiger partial charge in [-0.2, -0.15) is 21.6 Å². The zero-order valence-electron chi connectivity index (χ0n) is 11.3. The third-order valence-electron chi connectivity index (χ3n) is 2.60.